The van der Waals surface area contributed by atoms with E-state index in [1.807, 2.05) is 67.6 Å². The quantitative estimate of drug-likeness (QED) is 0.253. The molecule has 0 aromatic heterocycles. The fourth-order valence-electron chi connectivity index (χ4n) is 3.75. The minimum atomic E-state index is -0.503. The van der Waals surface area contributed by atoms with Crippen molar-refractivity contribution < 1.29 is 13.9 Å². The standard InChI is InChI=1S/C29H23FN2O2/c1-2-20-9-5-8-14-27(20)32-29(33)23(18-31)17-25-24-12-6-3-10-21(24)15-16-28(25)34-19-22-11-4-7-13-26(22)30/h3-17H,2,19H2,1H3,(H,32,33)/b23-17+. The van der Waals surface area contributed by atoms with Gasteiger partial charge in [0.1, 0.15) is 29.8 Å². The van der Waals surface area contributed by atoms with Gasteiger partial charge >= 0.3 is 0 Å². The van der Waals surface area contributed by atoms with Crippen LogP contribution in [0, 0.1) is 17.1 Å². The van der Waals surface area contributed by atoms with Gasteiger partial charge in [-0.05, 0) is 47.0 Å². The first-order valence-corrected chi connectivity index (χ1v) is 11.0. The highest BCUT2D eigenvalue weighted by Gasteiger charge is 2.15. The molecular formula is C29H23FN2O2. The topological polar surface area (TPSA) is 62.1 Å². The Balaban J connectivity index is 1.72. The molecule has 1 amide bonds. The Kier molecular flexibility index (Phi) is 7.00. The van der Waals surface area contributed by atoms with Crippen molar-refractivity contribution in [2.24, 2.45) is 0 Å². The number of rotatable bonds is 7. The van der Waals surface area contributed by atoms with Crippen molar-refractivity contribution in [1.29, 1.82) is 5.26 Å². The number of benzene rings is 4. The summed E-state index contributed by atoms with van der Waals surface area (Å²) in [5.41, 5.74) is 2.60. The second kappa shape index (κ2) is 10.5. The predicted molar refractivity (Wildman–Crippen MR) is 133 cm³/mol. The highest BCUT2D eigenvalue weighted by molar-refractivity contribution is 6.11. The van der Waals surface area contributed by atoms with Crippen molar-refractivity contribution >= 4 is 28.4 Å². The number of nitriles is 1. The van der Waals surface area contributed by atoms with Crippen LogP contribution in [0.2, 0.25) is 0 Å². The van der Waals surface area contributed by atoms with Gasteiger partial charge in [0.05, 0.1) is 0 Å². The van der Waals surface area contributed by atoms with Crippen molar-refractivity contribution in [3.05, 3.63) is 113 Å². The lowest BCUT2D eigenvalue weighted by Gasteiger charge is -2.13. The van der Waals surface area contributed by atoms with Gasteiger partial charge in [-0.3, -0.25) is 4.79 Å². The molecule has 1 N–H and O–H groups in total. The Labute approximate surface area is 197 Å². The largest absolute Gasteiger partial charge is 0.488 e. The number of hydrogen-bond donors (Lipinski definition) is 1. The second-order valence-electron chi connectivity index (χ2n) is 7.71. The summed E-state index contributed by atoms with van der Waals surface area (Å²) in [6.45, 7) is 2.02. The lowest BCUT2D eigenvalue weighted by Crippen LogP contribution is -2.14. The number of nitrogens with zero attached hydrogens (tertiary/aromatic N) is 1. The molecule has 168 valence electrons. The molecule has 0 radical (unpaired) electrons. The molecule has 34 heavy (non-hydrogen) atoms. The van der Waals surface area contributed by atoms with Gasteiger partial charge in [0, 0.05) is 16.8 Å². The van der Waals surface area contributed by atoms with Gasteiger partial charge in [-0.1, -0.05) is 73.7 Å². The zero-order valence-electron chi connectivity index (χ0n) is 18.7. The molecule has 0 spiro atoms. The molecule has 5 heteroatoms. The number of para-hydroxylation sites is 1. The highest BCUT2D eigenvalue weighted by Crippen LogP contribution is 2.31. The molecule has 0 saturated heterocycles. The van der Waals surface area contributed by atoms with Crippen LogP contribution >= 0.6 is 0 Å². The van der Waals surface area contributed by atoms with Gasteiger partial charge < -0.3 is 10.1 Å². The van der Waals surface area contributed by atoms with Crippen LogP contribution in [0.4, 0.5) is 10.1 Å². The number of carbonyl (C=O) groups is 1. The molecule has 0 aliphatic carbocycles. The van der Waals surface area contributed by atoms with E-state index in [1.165, 1.54) is 12.1 Å². The zero-order valence-corrected chi connectivity index (χ0v) is 18.7. The second-order valence-corrected chi connectivity index (χ2v) is 7.71. The number of fused-ring (bicyclic) bond motifs is 1. The third kappa shape index (κ3) is 4.97. The Hall–Kier alpha value is -4.43. The molecule has 4 aromatic carbocycles. The Morgan fingerprint density at radius 3 is 2.44 bits per heavy atom. The summed E-state index contributed by atoms with van der Waals surface area (Å²) in [4.78, 5) is 13.0. The SMILES string of the molecule is CCc1ccccc1NC(=O)/C(C#N)=C/c1c(OCc2ccccc2F)ccc2ccccc12. The minimum absolute atomic E-state index is 0.0177. The van der Waals surface area contributed by atoms with Gasteiger partial charge in [0.2, 0.25) is 0 Å². The van der Waals surface area contributed by atoms with Gasteiger partial charge in [0.15, 0.2) is 0 Å². The van der Waals surface area contributed by atoms with Crippen molar-refractivity contribution in [3.8, 4) is 11.8 Å². The Morgan fingerprint density at radius 2 is 1.68 bits per heavy atom. The summed E-state index contributed by atoms with van der Waals surface area (Å²) in [7, 11) is 0. The van der Waals surface area contributed by atoms with E-state index >= 15 is 0 Å². The van der Waals surface area contributed by atoms with Crippen LogP contribution in [0.1, 0.15) is 23.6 Å². The van der Waals surface area contributed by atoms with Crippen LogP contribution in [-0.4, -0.2) is 5.91 Å². The Morgan fingerprint density at radius 1 is 0.971 bits per heavy atom. The Bertz CT molecular complexity index is 1420. The third-order valence-corrected chi connectivity index (χ3v) is 5.57. The summed E-state index contributed by atoms with van der Waals surface area (Å²) >= 11 is 0. The van der Waals surface area contributed by atoms with Gasteiger partial charge in [-0.15, -0.1) is 0 Å². The average molecular weight is 451 g/mol. The van der Waals surface area contributed by atoms with Crippen LogP contribution in [0.3, 0.4) is 0 Å². The van der Waals surface area contributed by atoms with E-state index in [2.05, 4.69) is 5.32 Å². The molecule has 0 unspecified atom stereocenters. The number of halogens is 1. The number of amides is 1. The molecule has 4 aromatic rings. The maximum absolute atomic E-state index is 14.1. The number of hydrogen-bond acceptors (Lipinski definition) is 3. The van der Waals surface area contributed by atoms with Crippen LogP contribution in [0.5, 0.6) is 5.75 Å². The van der Waals surface area contributed by atoms with E-state index in [-0.39, 0.29) is 18.0 Å². The van der Waals surface area contributed by atoms with Crippen molar-refractivity contribution in [3.63, 3.8) is 0 Å². The molecule has 0 atom stereocenters. The number of nitrogens with one attached hydrogen (secondary N) is 1. The lowest BCUT2D eigenvalue weighted by molar-refractivity contribution is -0.112. The van der Waals surface area contributed by atoms with E-state index in [0.29, 0.717) is 22.6 Å². The molecule has 0 fully saturated rings. The molecule has 0 aliphatic heterocycles. The maximum Gasteiger partial charge on any atom is 0.266 e. The monoisotopic (exact) mass is 450 g/mol. The summed E-state index contributed by atoms with van der Waals surface area (Å²) in [5.74, 6) is -0.403. The van der Waals surface area contributed by atoms with Gasteiger partial charge in [0.25, 0.3) is 5.91 Å². The summed E-state index contributed by atoms with van der Waals surface area (Å²) in [5, 5.41) is 14.4. The van der Waals surface area contributed by atoms with Crippen LogP contribution in [0.15, 0.2) is 90.5 Å². The number of carbonyl (C=O) groups excluding carboxylic acids is 1. The number of anilines is 1. The van der Waals surface area contributed by atoms with E-state index in [1.54, 1.807) is 24.3 Å². The molecular weight excluding hydrogens is 427 g/mol. The normalized spacial score (nSPS) is 11.1. The van der Waals surface area contributed by atoms with Crippen LogP contribution in [-0.2, 0) is 17.8 Å². The lowest BCUT2D eigenvalue weighted by atomic mass is 10.0. The molecule has 0 bridgehead atoms. The van der Waals surface area contributed by atoms with Gasteiger partial charge in [-0.25, -0.2) is 4.39 Å². The van der Waals surface area contributed by atoms with Crippen molar-refractivity contribution in [2.45, 2.75) is 20.0 Å². The number of ether oxygens (including phenoxy) is 1. The van der Waals surface area contributed by atoms with Crippen LogP contribution < -0.4 is 10.1 Å². The first-order chi connectivity index (χ1) is 16.6. The molecule has 4 nitrogen and oxygen atoms in total. The average Bonchev–Trinajstić information content (AvgIpc) is 2.87. The zero-order chi connectivity index (χ0) is 23.9. The van der Waals surface area contributed by atoms with E-state index in [0.717, 1.165) is 22.8 Å². The molecule has 0 aliphatic rings. The first-order valence-electron chi connectivity index (χ1n) is 11.0. The molecule has 4 rings (SSSR count). The maximum atomic E-state index is 14.1. The highest BCUT2D eigenvalue weighted by atomic mass is 19.1. The van der Waals surface area contributed by atoms with E-state index < -0.39 is 5.91 Å². The summed E-state index contributed by atoms with van der Waals surface area (Å²) in [6.07, 6.45) is 2.28. The molecule has 0 heterocycles. The summed E-state index contributed by atoms with van der Waals surface area (Å²) in [6, 6.07) is 27.2. The van der Waals surface area contributed by atoms with E-state index in [4.69, 9.17) is 4.74 Å². The van der Waals surface area contributed by atoms with Crippen molar-refractivity contribution in [2.75, 3.05) is 5.32 Å². The van der Waals surface area contributed by atoms with Crippen LogP contribution in [0.25, 0.3) is 16.8 Å². The fourth-order valence-corrected chi connectivity index (χ4v) is 3.75. The number of aryl methyl sites for hydroxylation is 1. The van der Waals surface area contributed by atoms with Gasteiger partial charge in [-0.2, -0.15) is 5.26 Å². The third-order valence-electron chi connectivity index (χ3n) is 5.57. The smallest absolute Gasteiger partial charge is 0.266 e. The molecule has 0 saturated carbocycles. The minimum Gasteiger partial charge on any atom is -0.488 e. The van der Waals surface area contributed by atoms with E-state index in [9.17, 15) is 14.4 Å². The predicted octanol–water partition coefficient (Wildman–Crippen LogP) is 6.67. The summed E-state index contributed by atoms with van der Waals surface area (Å²) < 4.78 is 20.1. The van der Waals surface area contributed by atoms with Crippen molar-refractivity contribution in [1.82, 2.24) is 0 Å². The first kappa shape index (κ1) is 22.8. The fraction of sp³-hybridized carbons (Fsp3) is 0.103.